The smallest absolute Gasteiger partial charge is 0.224 e. The molecule has 0 spiro atoms. The van der Waals surface area contributed by atoms with Gasteiger partial charge in [0.1, 0.15) is 17.9 Å². The van der Waals surface area contributed by atoms with Gasteiger partial charge in [-0.2, -0.15) is 5.10 Å². The molecule has 7 heteroatoms. The van der Waals surface area contributed by atoms with Crippen LogP contribution >= 0.6 is 0 Å². The van der Waals surface area contributed by atoms with Crippen LogP contribution in [0.4, 0.5) is 11.5 Å². The summed E-state index contributed by atoms with van der Waals surface area (Å²) in [5, 5.41) is 12.4. The molecule has 3 aromatic heterocycles. The zero-order chi connectivity index (χ0) is 17.3. The predicted molar refractivity (Wildman–Crippen MR) is 99.8 cm³/mol. The van der Waals surface area contributed by atoms with Gasteiger partial charge < -0.3 is 15.0 Å². The highest BCUT2D eigenvalue weighted by Crippen LogP contribution is 2.26. The van der Waals surface area contributed by atoms with E-state index < -0.39 is 0 Å². The van der Waals surface area contributed by atoms with Crippen molar-refractivity contribution in [2.75, 3.05) is 5.32 Å². The van der Waals surface area contributed by atoms with Gasteiger partial charge in [-0.15, -0.1) is 0 Å². The fourth-order valence-corrected chi connectivity index (χ4v) is 2.84. The van der Waals surface area contributed by atoms with E-state index in [4.69, 9.17) is 4.74 Å². The van der Waals surface area contributed by atoms with E-state index in [0.29, 0.717) is 11.7 Å². The number of anilines is 2. The van der Waals surface area contributed by atoms with E-state index in [1.807, 2.05) is 48.7 Å². The highest BCUT2D eigenvalue weighted by atomic mass is 16.5. The fourth-order valence-electron chi connectivity index (χ4n) is 2.84. The van der Waals surface area contributed by atoms with Crippen LogP contribution in [0.25, 0.3) is 21.8 Å². The van der Waals surface area contributed by atoms with E-state index in [-0.39, 0.29) is 0 Å². The summed E-state index contributed by atoms with van der Waals surface area (Å²) in [5.74, 6) is 1.84. The van der Waals surface area contributed by atoms with Crippen molar-refractivity contribution in [1.29, 1.82) is 0 Å². The molecule has 0 atom stereocenters. The maximum atomic E-state index is 5.87. The zero-order valence-electron chi connectivity index (χ0n) is 13.6. The van der Waals surface area contributed by atoms with Gasteiger partial charge in [-0.25, -0.2) is 9.97 Å². The third-order valence-corrected chi connectivity index (χ3v) is 4.10. The molecule has 2 aromatic carbocycles. The van der Waals surface area contributed by atoms with Crippen molar-refractivity contribution in [3.8, 4) is 11.6 Å². The predicted octanol–water partition coefficient (Wildman–Crippen LogP) is 4.37. The van der Waals surface area contributed by atoms with Crippen molar-refractivity contribution in [3.63, 3.8) is 0 Å². The van der Waals surface area contributed by atoms with Crippen LogP contribution in [0.2, 0.25) is 0 Å². The second-order valence-corrected chi connectivity index (χ2v) is 5.87. The molecule has 0 aliphatic rings. The molecule has 0 saturated carbocycles. The number of hydrogen-bond acceptors (Lipinski definition) is 5. The number of rotatable bonds is 4. The molecule has 26 heavy (non-hydrogen) atoms. The summed E-state index contributed by atoms with van der Waals surface area (Å²) in [5.41, 5.74) is 2.93. The molecule has 0 amide bonds. The minimum absolute atomic E-state index is 0.472. The molecule has 3 heterocycles. The molecule has 0 unspecified atom stereocenters. The Bertz CT molecular complexity index is 1120. The van der Waals surface area contributed by atoms with Crippen molar-refractivity contribution >= 4 is 33.3 Å². The van der Waals surface area contributed by atoms with Crippen LogP contribution in [-0.4, -0.2) is 25.1 Å². The Balaban J connectivity index is 1.39. The van der Waals surface area contributed by atoms with E-state index in [0.717, 1.165) is 33.2 Å². The first-order valence-corrected chi connectivity index (χ1v) is 8.11. The summed E-state index contributed by atoms with van der Waals surface area (Å²) in [6.07, 6.45) is 5.16. The topological polar surface area (TPSA) is 91.5 Å². The Hall–Kier alpha value is -3.87. The molecule has 5 aromatic rings. The van der Waals surface area contributed by atoms with Crippen molar-refractivity contribution in [2.24, 2.45) is 0 Å². The Morgan fingerprint density at radius 3 is 2.88 bits per heavy atom. The lowest BCUT2D eigenvalue weighted by Gasteiger charge is -2.08. The highest BCUT2D eigenvalue weighted by molar-refractivity contribution is 5.82. The Labute approximate surface area is 148 Å². The van der Waals surface area contributed by atoms with Gasteiger partial charge in [0.05, 0.1) is 11.7 Å². The molecular formula is C19H14N6O. The van der Waals surface area contributed by atoms with Crippen LogP contribution in [0, 0.1) is 0 Å². The second kappa shape index (κ2) is 5.89. The Morgan fingerprint density at radius 1 is 0.885 bits per heavy atom. The number of benzene rings is 2. The van der Waals surface area contributed by atoms with E-state index in [1.54, 1.807) is 12.3 Å². The number of aromatic nitrogens is 5. The highest BCUT2D eigenvalue weighted by Gasteiger charge is 2.05. The van der Waals surface area contributed by atoms with Gasteiger partial charge in [0.15, 0.2) is 0 Å². The first kappa shape index (κ1) is 14.5. The zero-order valence-corrected chi connectivity index (χ0v) is 13.6. The molecule has 0 bridgehead atoms. The molecule has 5 rings (SSSR count). The molecule has 0 aliphatic heterocycles. The maximum Gasteiger partial charge on any atom is 0.224 e. The van der Waals surface area contributed by atoms with Crippen LogP contribution in [-0.2, 0) is 0 Å². The van der Waals surface area contributed by atoms with E-state index in [9.17, 15) is 0 Å². The van der Waals surface area contributed by atoms with Crippen molar-refractivity contribution < 1.29 is 4.74 Å². The van der Waals surface area contributed by atoms with Crippen LogP contribution in [0.3, 0.4) is 0 Å². The average Bonchev–Trinajstić information content (AvgIpc) is 3.30. The van der Waals surface area contributed by atoms with Crippen molar-refractivity contribution in [2.45, 2.75) is 0 Å². The number of H-pyrrole nitrogens is 2. The largest absolute Gasteiger partial charge is 0.439 e. The van der Waals surface area contributed by atoms with Crippen molar-refractivity contribution in [1.82, 2.24) is 25.1 Å². The maximum absolute atomic E-state index is 5.87. The number of hydrogen-bond donors (Lipinski definition) is 3. The third-order valence-electron chi connectivity index (χ3n) is 4.10. The number of ether oxygens (including phenoxy) is 1. The van der Waals surface area contributed by atoms with Gasteiger partial charge in [-0.3, -0.25) is 5.10 Å². The lowest BCUT2D eigenvalue weighted by atomic mass is 10.2. The Kier molecular flexibility index (Phi) is 3.28. The molecular weight excluding hydrogens is 328 g/mol. The summed E-state index contributed by atoms with van der Waals surface area (Å²) in [4.78, 5) is 11.6. The van der Waals surface area contributed by atoms with Crippen LogP contribution in [0.15, 0.2) is 67.3 Å². The monoisotopic (exact) mass is 342 g/mol. The van der Waals surface area contributed by atoms with E-state index in [1.165, 1.54) is 6.33 Å². The molecule has 0 radical (unpaired) electrons. The average molecular weight is 342 g/mol. The van der Waals surface area contributed by atoms with Gasteiger partial charge >= 0.3 is 0 Å². The minimum atomic E-state index is 0.472. The second-order valence-electron chi connectivity index (χ2n) is 5.87. The summed E-state index contributed by atoms with van der Waals surface area (Å²) >= 11 is 0. The molecule has 3 N–H and O–H groups in total. The number of fused-ring (bicyclic) bond motifs is 2. The van der Waals surface area contributed by atoms with E-state index in [2.05, 4.69) is 30.5 Å². The number of nitrogens with zero attached hydrogens (tertiary/aromatic N) is 3. The third kappa shape index (κ3) is 2.71. The van der Waals surface area contributed by atoms with Crippen LogP contribution in [0.1, 0.15) is 0 Å². The van der Waals surface area contributed by atoms with Crippen LogP contribution < -0.4 is 10.1 Å². The molecule has 126 valence electrons. The van der Waals surface area contributed by atoms with Gasteiger partial charge in [0, 0.05) is 34.2 Å². The quantitative estimate of drug-likeness (QED) is 0.451. The standard InChI is InChI=1S/C19H14N6O/c1-2-14(8-17-13(1)10-23-25-17)24-18-9-19(22-11-21-18)26-15-3-4-16-12(7-15)5-6-20-16/h1-11,20H,(H,23,25)(H,21,22,24). The van der Waals surface area contributed by atoms with Crippen molar-refractivity contribution in [3.05, 3.63) is 67.3 Å². The Morgan fingerprint density at radius 2 is 1.88 bits per heavy atom. The summed E-state index contributed by atoms with van der Waals surface area (Å²) in [6, 6.07) is 15.5. The molecule has 0 aliphatic carbocycles. The lowest BCUT2D eigenvalue weighted by Crippen LogP contribution is -1.96. The molecule has 0 saturated heterocycles. The van der Waals surface area contributed by atoms with E-state index >= 15 is 0 Å². The first-order valence-electron chi connectivity index (χ1n) is 8.11. The first-order chi connectivity index (χ1) is 12.8. The summed E-state index contributed by atoms with van der Waals surface area (Å²) in [6.45, 7) is 0. The summed E-state index contributed by atoms with van der Waals surface area (Å²) in [7, 11) is 0. The minimum Gasteiger partial charge on any atom is -0.439 e. The number of nitrogens with one attached hydrogen (secondary N) is 3. The van der Waals surface area contributed by atoms with Gasteiger partial charge in [0.2, 0.25) is 5.88 Å². The van der Waals surface area contributed by atoms with Gasteiger partial charge in [0.25, 0.3) is 0 Å². The summed E-state index contributed by atoms with van der Waals surface area (Å²) < 4.78 is 5.87. The normalized spacial score (nSPS) is 11.1. The number of aromatic amines is 2. The fraction of sp³-hybridized carbons (Fsp3) is 0. The molecule has 0 fully saturated rings. The SMILES string of the molecule is c1nc(Nc2ccc3cn[nH]c3c2)cc(Oc2ccc3[nH]ccc3c2)n1. The van der Waals surface area contributed by atoms with Gasteiger partial charge in [-0.1, -0.05) is 0 Å². The molecule has 7 nitrogen and oxygen atoms in total. The lowest BCUT2D eigenvalue weighted by molar-refractivity contribution is 0.462. The van der Waals surface area contributed by atoms with Gasteiger partial charge in [-0.05, 0) is 42.5 Å². The van der Waals surface area contributed by atoms with Crippen LogP contribution in [0.5, 0.6) is 11.6 Å².